The summed E-state index contributed by atoms with van der Waals surface area (Å²) in [5.74, 6) is -4.56. The van der Waals surface area contributed by atoms with E-state index in [9.17, 15) is 24.0 Å². The number of rotatable bonds is 10. The van der Waals surface area contributed by atoms with Gasteiger partial charge in [0, 0.05) is 6.42 Å². The molecule has 0 aromatic rings. The first-order valence-corrected chi connectivity index (χ1v) is 7.12. The lowest BCUT2D eigenvalue weighted by Gasteiger charge is -2.19. The Morgan fingerprint density at radius 3 is 2.04 bits per heavy atom. The molecule has 0 radical (unpaired) electrons. The van der Waals surface area contributed by atoms with Gasteiger partial charge < -0.3 is 31.9 Å². The Kier molecular flexibility index (Phi) is 9.02. The van der Waals surface area contributed by atoms with Crippen molar-refractivity contribution in [1.29, 1.82) is 0 Å². The summed E-state index contributed by atoms with van der Waals surface area (Å²) in [4.78, 5) is 56.2. The molecule has 3 atom stereocenters. The fraction of sp³-hybridized carbons (Fsp3) is 0.615. The summed E-state index contributed by atoms with van der Waals surface area (Å²) < 4.78 is 0. The molecule has 0 spiro atoms. The number of carbonyl (C=O) groups excluding carboxylic acids is 3. The molecule has 0 fully saturated rings. The summed E-state index contributed by atoms with van der Waals surface area (Å²) in [7, 11) is 0. The summed E-state index contributed by atoms with van der Waals surface area (Å²) in [6, 6.07) is -3.20. The summed E-state index contributed by atoms with van der Waals surface area (Å²) in [5.41, 5.74) is 5.37. The lowest BCUT2D eigenvalue weighted by atomic mass is 10.1. The van der Waals surface area contributed by atoms with Crippen molar-refractivity contribution in [2.75, 3.05) is 6.54 Å². The number of hydrogen-bond acceptors (Lipinski definition) is 6. The standard InChI is InChI=1S/C13H22N4O7/c1-6(14)11(21)17-8(3-4-10(19)20)12(22)15-5-9(18)16-7(2)13(23)24/h6-8H,3-5,14H2,1-2H3,(H,15,22)(H,16,18)(H,17,21)(H,19,20)(H,23,24). The SMILES string of the molecule is CC(N)C(=O)NC(CCC(=O)O)C(=O)NCC(=O)NC(C)C(=O)O. The lowest BCUT2D eigenvalue weighted by Crippen LogP contribution is -2.52. The smallest absolute Gasteiger partial charge is 0.325 e. The first-order valence-electron chi connectivity index (χ1n) is 7.12. The zero-order chi connectivity index (χ0) is 18.9. The molecule has 0 saturated carbocycles. The lowest BCUT2D eigenvalue weighted by molar-refractivity contribution is -0.141. The molecule has 0 aliphatic carbocycles. The molecule has 7 N–H and O–H groups in total. The first kappa shape index (κ1) is 21.3. The maximum Gasteiger partial charge on any atom is 0.325 e. The van der Waals surface area contributed by atoms with E-state index in [2.05, 4.69) is 16.0 Å². The number of nitrogens with two attached hydrogens (primary N) is 1. The summed E-state index contributed by atoms with van der Waals surface area (Å²) in [5, 5.41) is 23.9. The minimum Gasteiger partial charge on any atom is -0.481 e. The van der Waals surface area contributed by atoms with Crippen molar-refractivity contribution in [3.05, 3.63) is 0 Å². The largest absolute Gasteiger partial charge is 0.481 e. The van der Waals surface area contributed by atoms with Crippen molar-refractivity contribution in [2.45, 2.75) is 44.8 Å². The van der Waals surface area contributed by atoms with E-state index in [0.717, 1.165) is 0 Å². The van der Waals surface area contributed by atoms with Crippen LogP contribution in [0.4, 0.5) is 0 Å². The van der Waals surface area contributed by atoms with Crippen molar-refractivity contribution in [3.8, 4) is 0 Å². The van der Waals surface area contributed by atoms with Crippen LogP contribution in [0.25, 0.3) is 0 Å². The molecule has 0 aromatic carbocycles. The fourth-order valence-electron chi connectivity index (χ4n) is 1.48. The number of nitrogens with one attached hydrogen (secondary N) is 3. The summed E-state index contributed by atoms with van der Waals surface area (Å²) >= 11 is 0. The number of amides is 3. The molecule has 0 aliphatic rings. The van der Waals surface area contributed by atoms with Crippen molar-refractivity contribution in [1.82, 2.24) is 16.0 Å². The summed E-state index contributed by atoms with van der Waals surface area (Å²) in [6.45, 7) is 2.12. The third kappa shape index (κ3) is 8.68. The number of carboxylic acids is 2. The normalized spacial score (nSPS) is 14.0. The number of hydrogen-bond donors (Lipinski definition) is 6. The molecule has 0 bridgehead atoms. The van der Waals surface area contributed by atoms with Crippen LogP contribution in [0.15, 0.2) is 0 Å². The maximum absolute atomic E-state index is 12.0. The Balaban J connectivity index is 4.62. The number of carboxylic acid groups (broad SMARTS) is 2. The highest BCUT2D eigenvalue weighted by Crippen LogP contribution is 1.99. The van der Waals surface area contributed by atoms with Crippen LogP contribution < -0.4 is 21.7 Å². The molecule has 24 heavy (non-hydrogen) atoms. The monoisotopic (exact) mass is 346 g/mol. The fourth-order valence-corrected chi connectivity index (χ4v) is 1.48. The Morgan fingerprint density at radius 2 is 1.58 bits per heavy atom. The second-order valence-electron chi connectivity index (χ2n) is 5.13. The highest BCUT2D eigenvalue weighted by molar-refractivity contribution is 5.92. The maximum atomic E-state index is 12.0. The number of aliphatic carboxylic acids is 2. The topological polar surface area (TPSA) is 188 Å². The highest BCUT2D eigenvalue weighted by atomic mass is 16.4. The van der Waals surface area contributed by atoms with Gasteiger partial charge in [-0.1, -0.05) is 0 Å². The highest BCUT2D eigenvalue weighted by Gasteiger charge is 2.23. The Hall–Kier alpha value is -2.69. The molecule has 3 unspecified atom stereocenters. The summed E-state index contributed by atoms with van der Waals surface area (Å²) in [6.07, 6.45) is -0.563. The van der Waals surface area contributed by atoms with Crippen LogP contribution in [-0.2, 0) is 24.0 Å². The van der Waals surface area contributed by atoms with Crippen LogP contribution in [0.3, 0.4) is 0 Å². The Labute approximate surface area is 138 Å². The van der Waals surface area contributed by atoms with Gasteiger partial charge in [-0.3, -0.25) is 24.0 Å². The molecule has 11 nitrogen and oxygen atoms in total. The van der Waals surface area contributed by atoms with E-state index in [-0.39, 0.29) is 12.8 Å². The molecule has 0 saturated heterocycles. The molecular formula is C13H22N4O7. The van der Waals surface area contributed by atoms with Gasteiger partial charge in [0.1, 0.15) is 12.1 Å². The van der Waals surface area contributed by atoms with Crippen molar-refractivity contribution < 1.29 is 34.2 Å². The molecule has 0 aromatic heterocycles. The quantitative estimate of drug-likeness (QED) is 0.248. The van der Waals surface area contributed by atoms with Gasteiger partial charge in [-0.05, 0) is 20.3 Å². The minimum atomic E-state index is -1.24. The van der Waals surface area contributed by atoms with Crippen molar-refractivity contribution in [2.24, 2.45) is 5.73 Å². The van der Waals surface area contributed by atoms with Crippen LogP contribution >= 0.6 is 0 Å². The van der Waals surface area contributed by atoms with E-state index in [1.165, 1.54) is 13.8 Å². The zero-order valence-electron chi connectivity index (χ0n) is 13.4. The molecule has 11 heteroatoms. The molecule has 0 rings (SSSR count). The van der Waals surface area contributed by atoms with E-state index >= 15 is 0 Å². The minimum absolute atomic E-state index is 0.188. The Bertz CT molecular complexity index is 507. The van der Waals surface area contributed by atoms with Crippen molar-refractivity contribution in [3.63, 3.8) is 0 Å². The van der Waals surface area contributed by atoms with Gasteiger partial charge in [0.2, 0.25) is 17.7 Å². The van der Waals surface area contributed by atoms with Gasteiger partial charge in [0.15, 0.2) is 0 Å². The van der Waals surface area contributed by atoms with Gasteiger partial charge in [-0.15, -0.1) is 0 Å². The average molecular weight is 346 g/mol. The van der Waals surface area contributed by atoms with Gasteiger partial charge in [-0.25, -0.2) is 0 Å². The Morgan fingerprint density at radius 1 is 1.00 bits per heavy atom. The van der Waals surface area contributed by atoms with Gasteiger partial charge in [0.25, 0.3) is 0 Å². The predicted molar refractivity (Wildman–Crippen MR) is 80.7 cm³/mol. The number of carbonyl (C=O) groups is 5. The van der Waals surface area contributed by atoms with Crippen LogP contribution in [0.5, 0.6) is 0 Å². The van der Waals surface area contributed by atoms with E-state index in [1.54, 1.807) is 0 Å². The van der Waals surface area contributed by atoms with Gasteiger partial charge in [-0.2, -0.15) is 0 Å². The van der Waals surface area contributed by atoms with Crippen LogP contribution in [0, 0.1) is 0 Å². The zero-order valence-corrected chi connectivity index (χ0v) is 13.4. The average Bonchev–Trinajstić information content (AvgIpc) is 2.48. The second kappa shape index (κ2) is 10.2. The van der Waals surface area contributed by atoms with E-state index < -0.39 is 54.3 Å². The molecular weight excluding hydrogens is 324 g/mol. The van der Waals surface area contributed by atoms with Crippen LogP contribution in [-0.4, -0.2) is 64.5 Å². The van der Waals surface area contributed by atoms with Crippen LogP contribution in [0.1, 0.15) is 26.7 Å². The third-order valence-corrected chi connectivity index (χ3v) is 2.86. The molecule has 0 aliphatic heterocycles. The van der Waals surface area contributed by atoms with Gasteiger partial charge >= 0.3 is 11.9 Å². The van der Waals surface area contributed by atoms with Gasteiger partial charge in [0.05, 0.1) is 12.6 Å². The van der Waals surface area contributed by atoms with E-state index in [0.29, 0.717) is 0 Å². The molecule has 136 valence electrons. The van der Waals surface area contributed by atoms with Crippen molar-refractivity contribution >= 4 is 29.7 Å². The molecule has 0 heterocycles. The van der Waals surface area contributed by atoms with Crippen LogP contribution in [0.2, 0.25) is 0 Å². The second-order valence-corrected chi connectivity index (χ2v) is 5.13. The van der Waals surface area contributed by atoms with E-state index in [4.69, 9.17) is 15.9 Å². The third-order valence-electron chi connectivity index (χ3n) is 2.86. The predicted octanol–water partition coefficient (Wildman–Crippen LogP) is -2.61. The molecule has 3 amide bonds. The van der Waals surface area contributed by atoms with E-state index in [1.807, 2.05) is 0 Å². The first-order chi connectivity index (χ1) is 11.0.